The first-order valence-corrected chi connectivity index (χ1v) is 6.22. The normalized spacial score (nSPS) is 11.4. The van der Waals surface area contributed by atoms with E-state index >= 15 is 0 Å². The van der Waals surface area contributed by atoms with Gasteiger partial charge in [-0.25, -0.2) is 4.79 Å². The van der Waals surface area contributed by atoms with Gasteiger partial charge in [-0.1, -0.05) is 22.9 Å². The highest BCUT2D eigenvalue weighted by Crippen LogP contribution is 2.37. The molecule has 0 saturated carbocycles. The van der Waals surface area contributed by atoms with Crippen molar-refractivity contribution >= 4 is 5.97 Å². The van der Waals surface area contributed by atoms with E-state index in [1.165, 1.54) is 6.07 Å². The molecule has 0 aliphatic heterocycles. The molecule has 0 bridgehead atoms. The Morgan fingerprint density at radius 2 is 2.05 bits per heavy atom. The highest BCUT2D eigenvalue weighted by molar-refractivity contribution is 5.85. The Kier molecular flexibility index (Phi) is 3.53. The molecule has 0 atom stereocenters. The largest absolute Gasteiger partial charge is 0.496 e. The summed E-state index contributed by atoms with van der Waals surface area (Å²) < 4.78 is 10.6. The van der Waals surface area contributed by atoms with Crippen molar-refractivity contribution in [2.75, 3.05) is 7.11 Å². The summed E-state index contributed by atoms with van der Waals surface area (Å²) in [4.78, 5) is 10.9. The highest BCUT2D eigenvalue weighted by atomic mass is 16.5. The number of aryl methyl sites for hydroxylation is 1. The van der Waals surface area contributed by atoms with E-state index in [1.807, 2.05) is 39.0 Å². The molecule has 1 N–H and O–H groups in total. The molecule has 1 heterocycles. The van der Waals surface area contributed by atoms with Gasteiger partial charge in [-0.2, -0.15) is 0 Å². The van der Waals surface area contributed by atoms with Gasteiger partial charge in [0, 0.05) is 11.6 Å². The van der Waals surface area contributed by atoms with Crippen LogP contribution in [0, 0.1) is 6.92 Å². The van der Waals surface area contributed by atoms with E-state index in [2.05, 4.69) is 5.16 Å². The number of aromatic nitrogens is 1. The van der Waals surface area contributed by atoms with Crippen LogP contribution >= 0.6 is 0 Å². The van der Waals surface area contributed by atoms with Gasteiger partial charge in [0.25, 0.3) is 0 Å². The molecular weight excluding hydrogens is 258 g/mol. The average Bonchev–Trinajstić information content (AvgIpc) is 2.89. The van der Waals surface area contributed by atoms with Crippen molar-refractivity contribution in [2.24, 2.45) is 0 Å². The van der Waals surface area contributed by atoms with E-state index in [4.69, 9.17) is 14.4 Å². The summed E-state index contributed by atoms with van der Waals surface area (Å²) in [6.45, 7) is 5.87. The van der Waals surface area contributed by atoms with Crippen LogP contribution in [0.25, 0.3) is 0 Å². The minimum absolute atomic E-state index is 0.0975. The van der Waals surface area contributed by atoms with Gasteiger partial charge >= 0.3 is 5.97 Å². The quantitative estimate of drug-likeness (QED) is 0.928. The van der Waals surface area contributed by atoms with Crippen LogP contribution in [0.3, 0.4) is 0 Å². The van der Waals surface area contributed by atoms with Gasteiger partial charge in [0.1, 0.15) is 11.5 Å². The number of nitrogens with zero attached hydrogens (tertiary/aromatic N) is 1. The molecule has 106 valence electrons. The molecule has 1 aromatic carbocycles. The summed E-state index contributed by atoms with van der Waals surface area (Å²) in [5, 5.41) is 12.5. The molecule has 0 spiro atoms. The smallest absolute Gasteiger partial charge is 0.358 e. The number of methoxy groups -OCH3 is 1. The van der Waals surface area contributed by atoms with Crippen LogP contribution in [-0.4, -0.2) is 23.3 Å². The number of aromatic carboxylic acids is 1. The maximum absolute atomic E-state index is 10.9. The summed E-state index contributed by atoms with van der Waals surface area (Å²) in [6, 6.07) is 7.30. The number of rotatable bonds is 4. The van der Waals surface area contributed by atoms with Crippen molar-refractivity contribution in [1.29, 1.82) is 0 Å². The minimum Gasteiger partial charge on any atom is -0.496 e. The molecule has 0 aliphatic rings. The molecule has 20 heavy (non-hydrogen) atoms. The molecular formula is C15H17NO4. The van der Waals surface area contributed by atoms with Crippen molar-refractivity contribution < 1.29 is 19.2 Å². The minimum atomic E-state index is -1.10. The predicted octanol–water partition coefficient (Wildman–Crippen LogP) is 3.02. The maximum atomic E-state index is 10.9. The van der Waals surface area contributed by atoms with Crippen LogP contribution in [0.2, 0.25) is 0 Å². The van der Waals surface area contributed by atoms with Crippen molar-refractivity contribution in [2.45, 2.75) is 26.2 Å². The van der Waals surface area contributed by atoms with Gasteiger partial charge < -0.3 is 14.4 Å². The Hall–Kier alpha value is -2.30. The van der Waals surface area contributed by atoms with Crippen molar-refractivity contribution in [3.05, 3.63) is 46.8 Å². The Morgan fingerprint density at radius 1 is 1.35 bits per heavy atom. The molecule has 0 aliphatic carbocycles. The van der Waals surface area contributed by atoms with Gasteiger partial charge in [-0.3, -0.25) is 0 Å². The average molecular weight is 275 g/mol. The predicted molar refractivity (Wildman–Crippen MR) is 73.3 cm³/mol. The van der Waals surface area contributed by atoms with Crippen LogP contribution in [-0.2, 0) is 5.41 Å². The Labute approximate surface area is 117 Å². The van der Waals surface area contributed by atoms with Gasteiger partial charge in [-0.05, 0) is 26.8 Å². The van der Waals surface area contributed by atoms with Crippen LogP contribution in [0.1, 0.15) is 41.2 Å². The lowest BCUT2D eigenvalue weighted by Crippen LogP contribution is -2.19. The molecule has 0 unspecified atom stereocenters. The number of hydrogen-bond acceptors (Lipinski definition) is 4. The van der Waals surface area contributed by atoms with E-state index in [0.717, 1.165) is 16.9 Å². The first kappa shape index (κ1) is 14.1. The van der Waals surface area contributed by atoms with Crippen LogP contribution in [0.4, 0.5) is 0 Å². The summed E-state index contributed by atoms with van der Waals surface area (Å²) in [6.07, 6.45) is 0. The van der Waals surface area contributed by atoms with E-state index in [9.17, 15) is 4.79 Å². The summed E-state index contributed by atoms with van der Waals surface area (Å²) in [7, 11) is 1.60. The molecule has 2 rings (SSSR count). The zero-order valence-electron chi connectivity index (χ0n) is 11.9. The van der Waals surface area contributed by atoms with Crippen molar-refractivity contribution in [1.82, 2.24) is 5.16 Å². The molecule has 0 radical (unpaired) electrons. The van der Waals surface area contributed by atoms with Gasteiger partial charge in [0.2, 0.25) is 0 Å². The Bertz CT molecular complexity index is 643. The van der Waals surface area contributed by atoms with E-state index in [0.29, 0.717) is 5.76 Å². The maximum Gasteiger partial charge on any atom is 0.358 e. The van der Waals surface area contributed by atoms with Gasteiger partial charge in [0.15, 0.2) is 5.69 Å². The third-order valence-corrected chi connectivity index (χ3v) is 3.37. The lowest BCUT2D eigenvalue weighted by molar-refractivity contribution is 0.0685. The molecule has 5 nitrogen and oxygen atoms in total. The number of ether oxygens (including phenoxy) is 1. The van der Waals surface area contributed by atoms with Crippen molar-refractivity contribution in [3.63, 3.8) is 0 Å². The lowest BCUT2D eigenvalue weighted by Gasteiger charge is -2.24. The second-order valence-corrected chi connectivity index (χ2v) is 5.21. The molecule has 0 amide bonds. The zero-order chi connectivity index (χ0) is 14.9. The van der Waals surface area contributed by atoms with Gasteiger partial charge in [-0.15, -0.1) is 0 Å². The topological polar surface area (TPSA) is 72.6 Å². The number of benzene rings is 1. The summed E-state index contributed by atoms with van der Waals surface area (Å²) >= 11 is 0. The molecule has 1 aromatic heterocycles. The highest BCUT2D eigenvalue weighted by Gasteiger charge is 2.31. The standard InChI is InChI=1S/C15H17NO4/c1-9-5-6-12(19-4)10(7-9)15(2,3)13-8-11(14(17)18)16-20-13/h5-8H,1-4H3,(H,17,18). The van der Waals surface area contributed by atoms with E-state index in [1.54, 1.807) is 7.11 Å². The van der Waals surface area contributed by atoms with Crippen LogP contribution in [0.15, 0.2) is 28.8 Å². The molecule has 0 fully saturated rings. The first-order chi connectivity index (χ1) is 9.36. The van der Waals surface area contributed by atoms with E-state index < -0.39 is 11.4 Å². The van der Waals surface area contributed by atoms with E-state index in [-0.39, 0.29) is 5.69 Å². The summed E-state index contributed by atoms with van der Waals surface area (Å²) in [5.41, 5.74) is 1.37. The fourth-order valence-electron chi connectivity index (χ4n) is 2.11. The first-order valence-electron chi connectivity index (χ1n) is 6.22. The number of carboxylic acids is 1. The zero-order valence-corrected chi connectivity index (χ0v) is 11.9. The third kappa shape index (κ3) is 2.39. The van der Waals surface area contributed by atoms with Crippen LogP contribution < -0.4 is 4.74 Å². The molecule has 2 aromatic rings. The lowest BCUT2D eigenvalue weighted by atomic mass is 9.81. The number of hydrogen-bond donors (Lipinski definition) is 1. The number of carbonyl (C=O) groups is 1. The van der Waals surface area contributed by atoms with Gasteiger partial charge in [0.05, 0.1) is 12.5 Å². The fourth-order valence-corrected chi connectivity index (χ4v) is 2.11. The third-order valence-electron chi connectivity index (χ3n) is 3.37. The Morgan fingerprint density at radius 3 is 2.60 bits per heavy atom. The second kappa shape index (κ2) is 5.00. The molecule has 5 heteroatoms. The summed E-state index contributed by atoms with van der Waals surface area (Å²) in [5.74, 6) is 0.111. The SMILES string of the molecule is COc1ccc(C)cc1C(C)(C)c1cc(C(=O)O)no1. The van der Waals surface area contributed by atoms with Crippen LogP contribution in [0.5, 0.6) is 5.75 Å². The molecule has 0 saturated heterocycles. The van der Waals surface area contributed by atoms with Crippen molar-refractivity contribution in [3.8, 4) is 5.75 Å². The second-order valence-electron chi connectivity index (χ2n) is 5.21. The number of carboxylic acid groups (broad SMARTS) is 1. The monoisotopic (exact) mass is 275 g/mol. The fraction of sp³-hybridized carbons (Fsp3) is 0.333. The Balaban J connectivity index is 2.53.